The number of nitrogens with zero attached hydrogens (tertiary/aromatic N) is 2. The van der Waals surface area contributed by atoms with Crippen LogP contribution in [0.2, 0.25) is 0 Å². The van der Waals surface area contributed by atoms with E-state index < -0.39 is 47.1 Å². The van der Waals surface area contributed by atoms with Gasteiger partial charge in [0, 0.05) is 30.9 Å². The molecule has 4 N–H and O–H groups in total. The lowest BCUT2D eigenvalue weighted by atomic mass is 9.84. The highest BCUT2D eigenvalue weighted by atomic mass is 16.7. The summed E-state index contributed by atoms with van der Waals surface area (Å²) in [7, 11) is 0. The van der Waals surface area contributed by atoms with E-state index in [1.54, 1.807) is 0 Å². The number of nitrogens with one attached hydrogen (secondary N) is 3. The highest BCUT2D eigenvalue weighted by molar-refractivity contribution is 6.03. The highest BCUT2D eigenvalue weighted by Crippen LogP contribution is 2.41. The first-order valence-corrected chi connectivity index (χ1v) is 19.9. The molecule has 5 rings (SSSR count). The van der Waals surface area contributed by atoms with Gasteiger partial charge in [-0.3, -0.25) is 19.2 Å². The van der Waals surface area contributed by atoms with Crippen LogP contribution in [0.25, 0.3) is 0 Å². The van der Waals surface area contributed by atoms with Gasteiger partial charge in [-0.2, -0.15) is 0 Å². The second kappa shape index (κ2) is 16.8. The number of ether oxygens (including phenoxy) is 1. The van der Waals surface area contributed by atoms with Crippen LogP contribution >= 0.6 is 0 Å². The Hall–Kier alpha value is -3.67. The van der Waals surface area contributed by atoms with Gasteiger partial charge in [-0.25, -0.2) is 0 Å². The Morgan fingerprint density at radius 1 is 1.04 bits per heavy atom. The third-order valence-corrected chi connectivity index (χ3v) is 11.1. The Morgan fingerprint density at radius 2 is 1.70 bits per heavy atom. The number of aliphatic hydroxyl groups is 1. The molecular formula is C41H63N5O7. The number of hydrogen-bond donors (Lipinski definition) is 4. The number of rotatable bonds is 14. The summed E-state index contributed by atoms with van der Waals surface area (Å²) < 4.78 is 6.06. The van der Waals surface area contributed by atoms with Gasteiger partial charge in [0.2, 0.25) is 17.7 Å². The molecule has 1 unspecified atom stereocenters. The van der Waals surface area contributed by atoms with Gasteiger partial charge < -0.3 is 35.5 Å². The summed E-state index contributed by atoms with van der Waals surface area (Å²) in [6.45, 7) is 15.7. The second-order valence-corrected chi connectivity index (χ2v) is 17.5. The molecule has 1 spiro atoms. The van der Waals surface area contributed by atoms with Gasteiger partial charge in [0.15, 0.2) is 11.7 Å². The molecule has 0 aromatic heterocycles. The molecular weight excluding hydrogens is 674 g/mol. The number of oxime groups is 1. The zero-order chi connectivity index (χ0) is 38.7. The number of aryl methyl sites for hydroxylation is 2. The molecule has 2 aliphatic carbocycles. The fourth-order valence-electron chi connectivity index (χ4n) is 8.11. The molecule has 5 atom stereocenters. The largest absolute Gasteiger partial charge is 0.490 e. The summed E-state index contributed by atoms with van der Waals surface area (Å²) in [5.41, 5.74) is 1.89. The summed E-state index contributed by atoms with van der Waals surface area (Å²) in [6, 6.07) is 1.37. The molecule has 4 amide bonds. The molecule has 4 aliphatic rings. The van der Waals surface area contributed by atoms with Crippen molar-refractivity contribution in [3.8, 4) is 5.75 Å². The van der Waals surface area contributed by atoms with E-state index in [1.807, 2.05) is 67.5 Å². The van der Waals surface area contributed by atoms with E-state index in [-0.39, 0.29) is 36.9 Å². The maximum Gasteiger partial charge on any atom is 0.251 e. The summed E-state index contributed by atoms with van der Waals surface area (Å²) >= 11 is 0. The van der Waals surface area contributed by atoms with Gasteiger partial charge in [0.05, 0.1) is 24.4 Å². The van der Waals surface area contributed by atoms with Gasteiger partial charge in [-0.05, 0) is 94.4 Å². The van der Waals surface area contributed by atoms with Crippen LogP contribution in [0, 0.1) is 25.2 Å². The zero-order valence-corrected chi connectivity index (χ0v) is 33.2. The van der Waals surface area contributed by atoms with Crippen LogP contribution in [-0.2, 0) is 24.0 Å². The quantitative estimate of drug-likeness (QED) is 0.210. The number of hydrogen-bond acceptors (Lipinski definition) is 8. The predicted octanol–water partition coefficient (Wildman–Crippen LogP) is 4.98. The average molecular weight is 738 g/mol. The first kappa shape index (κ1) is 40.5. The molecule has 1 aromatic rings. The summed E-state index contributed by atoms with van der Waals surface area (Å²) in [5, 5.41) is 24.4. The normalized spacial score (nSPS) is 23.6. The number of carbonyl (C=O) groups is 4. The van der Waals surface area contributed by atoms with Crippen LogP contribution in [0.4, 0.5) is 0 Å². The molecule has 1 aromatic carbocycles. The van der Waals surface area contributed by atoms with E-state index in [0.29, 0.717) is 37.3 Å². The maximum atomic E-state index is 14.7. The summed E-state index contributed by atoms with van der Waals surface area (Å²) in [6.07, 6.45) is 7.64. The zero-order valence-electron chi connectivity index (χ0n) is 33.2. The third kappa shape index (κ3) is 10.1. The fourth-order valence-corrected chi connectivity index (χ4v) is 8.11. The standard InChI is InChI=1S/C41H63N5O7/c1-9-13-30(34(48)38(50)42-29-16-17-29)43-37(49)32-22-41(21-31(45-53-41)28-18-25(4)35(26(5)19-28)52-24(2)3)23-46(32)39(51)36(40(6,7)8)44-33(47)20-27-14-11-10-12-15-27/h18-19,24,27,29-30,32,34,36,48H,9-17,20-23H2,1-8H3,(H,42,50)(H,43,49)(H,44,47)/t30-,32-,34?,36+,41+/m0/s1. The van der Waals surface area contributed by atoms with Crippen LogP contribution < -0.4 is 20.7 Å². The van der Waals surface area contributed by atoms with Gasteiger partial charge >= 0.3 is 0 Å². The van der Waals surface area contributed by atoms with Gasteiger partial charge in [-0.15, -0.1) is 0 Å². The van der Waals surface area contributed by atoms with E-state index in [1.165, 1.54) is 11.3 Å². The minimum atomic E-state index is -1.44. The second-order valence-electron chi connectivity index (χ2n) is 17.5. The van der Waals surface area contributed by atoms with E-state index in [9.17, 15) is 24.3 Å². The van der Waals surface area contributed by atoms with Crippen molar-refractivity contribution in [2.75, 3.05) is 6.54 Å². The van der Waals surface area contributed by atoms with Crippen LogP contribution in [0.5, 0.6) is 5.75 Å². The highest BCUT2D eigenvalue weighted by Gasteiger charge is 2.55. The van der Waals surface area contributed by atoms with E-state index >= 15 is 0 Å². The molecule has 2 heterocycles. The lowest BCUT2D eigenvalue weighted by Gasteiger charge is -2.36. The van der Waals surface area contributed by atoms with Crippen LogP contribution in [-0.4, -0.2) is 87.9 Å². The molecule has 3 fully saturated rings. The van der Waals surface area contributed by atoms with Crippen molar-refractivity contribution in [1.29, 1.82) is 0 Å². The van der Waals surface area contributed by atoms with Crippen LogP contribution in [0.1, 0.15) is 135 Å². The number of aliphatic hydroxyl groups excluding tert-OH is 1. The molecule has 2 aliphatic heterocycles. The van der Waals surface area contributed by atoms with Crippen LogP contribution in [0.3, 0.4) is 0 Å². The fraction of sp³-hybridized carbons (Fsp3) is 0.732. The van der Waals surface area contributed by atoms with Gasteiger partial charge in [0.25, 0.3) is 5.91 Å². The summed E-state index contributed by atoms with van der Waals surface area (Å²) in [4.78, 5) is 63.1. The Morgan fingerprint density at radius 3 is 2.28 bits per heavy atom. The number of carbonyl (C=O) groups excluding carboxylic acids is 4. The molecule has 12 heteroatoms. The minimum absolute atomic E-state index is 0.0262. The van der Waals surface area contributed by atoms with Crippen molar-refractivity contribution in [3.05, 3.63) is 28.8 Å². The Kier molecular flexibility index (Phi) is 12.8. The molecule has 2 saturated carbocycles. The first-order chi connectivity index (χ1) is 25.0. The van der Waals surface area contributed by atoms with Crippen LogP contribution in [0.15, 0.2) is 17.3 Å². The Bertz CT molecular complexity index is 1520. The van der Waals surface area contributed by atoms with E-state index in [4.69, 9.17) is 9.57 Å². The van der Waals surface area contributed by atoms with Crippen molar-refractivity contribution in [3.63, 3.8) is 0 Å². The van der Waals surface area contributed by atoms with Gasteiger partial charge in [0.1, 0.15) is 17.8 Å². The SMILES string of the molecule is CCC[C@H](NC(=O)[C@@H]1C[C@]2(CC(c3cc(C)c(OC(C)C)c(C)c3)=NO2)CN1C(=O)[C@@H](NC(=O)CC1CCCCC1)C(C)(C)C)C(O)C(=O)NC1CC1. The first-order valence-electron chi connectivity index (χ1n) is 19.9. The Balaban J connectivity index is 1.40. The lowest BCUT2D eigenvalue weighted by Crippen LogP contribution is -2.59. The van der Waals surface area contributed by atoms with E-state index in [2.05, 4.69) is 21.1 Å². The smallest absolute Gasteiger partial charge is 0.251 e. The van der Waals surface area contributed by atoms with Crippen molar-refractivity contribution >= 4 is 29.3 Å². The summed E-state index contributed by atoms with van der Waals surface area (Å²) in [5.74, 6) is -0.389. The van der Waals surface area contributed by atoms with Gasteiger partial charge in [-0.1, -0.05) is 58.5 Å². The predicted molar refractivity (Wildman–Crippen MR) is 203 cm³/mol. The maximum absolute atomic E-state index is 14.7. The molecule has 0 bridgehead atoms. The van der Waals surface area contributed by atoms with E-state index in [0.717, 1.165) is 61.0 Å². The molecule has 53 heavy (non-hydrogen) atoms. The van der Waals surface area contributed by atoms with Crippen molar-refractivity contribution in [1.82, 2.24) is 20.9 Å². The molecule has 0 radical (unpaired) electrons. The lowest BCUT2D eigenvalue weighted by molar-refractivity contribution is -0.145. The number of likely N-dealkylation sites (tertiary alicyclic amines) is 1. The molecule has 12 nitrogen and oxygen atoms in total. The van der Waals surface area contributed by atoms with Crippen molar-refractivity contribution in [2.24, 2.45) is 16.5 Å². The van der Waals surface area contributed by atoms with Crippen molar-refractivity contribution < 1.29 is 33.9 Å². The molecule has 294 valence electrons. The third-order valence-electron chi connectivity index (χ3n) is 11.1. The topological polar surface area (TPSA) is 159 Å². The minimum Gasteiger partial charge on any atom is -0.490 e. The Labute approximate surface area is 315 Å². The van der Waals surface area contributed by atoms with Crippen molar-refractivity contribution in [2.45, 2.75) is 174 Å². The average Bonchev–Trinajstić information content (AvgIpc) is 3.68. The monoisotopic (exact) mass is 737 g/mol. The number of amides is 4. The molecule has 1 saturated heterocycles. The number of benzene rings is 1.